The van der Waals surface area contributed by atoms with Crippen LogP contribution in [0.2, 0.25) is 0 Å². The third kappa shape index (κ3) is 3.66. The van der Waals surface area contributed by atoms with Crippen molar-refractivity contribution in [2.75, 3.05) is 25.1 Å². The minimum absolute atomic E-state index is 0.0494. The molecule has 0 atom stereocenters. The van der Waals surface area contributed by atoms with Gasteiger partial charge < -0.3 is 4.74 Å². The number of hydrogen-bond acceptors (Lipinski definition) is 4. The number of hydrazine groups is 1. The van der Waals surface area contributed by atoms with E-state index in [0.29, 0.717) is 18.8 Å². The van der Waals surface area contributed by atoms with Gasteiger partial charge in [0, 0.05) is 13.1 Å². The summed E-state index contributed by atoms with van der Waals surface area (Å²) in [6, 6.07) is 9.50. The molecule has 0 saturated carbocycles. The number of carbonyl (C=O) groups excluding carboxylic acids is 2. The van der Waals surface area contributed by atoms with E-state index in [4.69, 9.17) is 4.74 Å². The first-order valence-corrected chi connectivity index (χ1v) is 7.89. The molecule has 0 unspecified atom stereocenters. The van der Waals surface area contributed by atoms with Crippen LogP contribution in [-0.2, 0) is 16.1 Å². The maximum Gasteiger partial charge on any atom is 0.429 e. The lowest BCUT2D eigenvalue weighted by Gasteiger charge is -2.26. The predicted octanol–water partition coefficient (Wildman–Crippen LogP) is 2.14. The van der Waals surface area contributed by atoms with Gasteiger partial charge in [-0.25, -0.2) is 14.8 Å². The van der Waals surface area contributed by atoms with Crippen molar-refractivity contribution in [3.63, 3.8) is 0 Å². The minimum atomic E-state index is -0.458. The van der Waals surface area contributed by atoms with Gasteiger partial charge in [0.25, 0.3) is 5.91 Å². The lowest BCUT2D eigenvalue weighted by Crippen LogP contribution is -2.45. The molecule has 1 aliphatic rings. The van der Waals surface area contributed by atoms with Crippen LogP contribution in [0.15, 0.2) is 30.3 Å². The molecule has 1 aliphatic heterocycles. The Labute approximate surface area is 122 Å². The van der Waals surface area contributed by atoms with E-state index in [9.17, 15) is 9.59 Å². The number of amides is 2. The summed E-state index contributed by atoms with van der Waals surface area (Å²) in [5, 5.41) is 2.89. The van der Waals surface area contributed by atoms with Gasteiger partial charge in [-0.3, -0.25) is 4.79 Å². The Kier molecular flexibility index (Phi) is 5.29. The number of carbonyl (C=O) groups is 2. The summed E-state index contributed by atoms with van der Waals surface area (Å²) in [5.74, 6) is 0.328. The Morgan fingerprint density at radius 2 is 1.90 bits per heavy atom. The van der Waals surface area contributed by atoms with E-state index in [2.05, 4.69) is 0 Å². The van der Waals surface area contributed by atoms with Crippen LogP contribution in [-0.4, -0.2) is 47.1 Å². The number of nitrogens with zero attached hydrogens (tertiary/aromatic N) is 2. The summed E-state index contributed by atoms with van der Waals surface area (Å²) in [7, 11) is 0. The lowest BCUT2D eigenvalue weighted by atomic mass is 10.2. The lowest BCUT2D eigenvalue weighted by molar-refractivity contribution is -0.138. The summed E-state index contributed by atoms with van der Waals surface area (Å²) in [6.07, 6.45) is 2.20. The smallest absolute Gasteiger partial charge is 0.429 e. The van der Waals surface area contributed by atoms with Gasteiger partial charge in [-0.2, -0.15) is 11.8 Å². The van der Waals surface area contributed by atoms with Crippen molar-refractivity contribution in [3.05, 3.63) is 35.9 Å². The van der Waals surface area contributed by atoms with E-state index in [1.54, 1.807) is 0 Å². The zero-order valence-corrected chi connectivity index (χ0v) is 12.3. The van der Waals surface area contributed by atoms with Crippen molar-refractivity contribution >= 4 is 23.8 Å². The second kappa shape index (κ2) is 7.19. The molecule has 0 aliphatic carbocycles. The van der Waals surface area contributed by atoms with Crippen molar-refractivity contribution in [2.24, 2.45) is 0 Å². The third-order valence-electron chi connectivity index (χ3n) is 3.00. The standard InChI is InChI=1S/C14H18N2O3S/c1-20-11-13(17)15-8-5-9-16(15)14(18)19-10-12-6-3-2-4-7-12/h2-4,6-7H,5,8-11H2,1H3. The van der Waals surface area contributed by atoms with Gasteiger partial charge in [0.15, 0.2) is 0 Å². The first-order valence-electron chi connectivity index (χ1n) is 6.50. The van der Waals surface area contributed by atoms with Crippen molar-refractivity contribution in [1.29, 1.82) is 0 Å². The number of ether oxygens (including phenoxy) is 1. The molecule has 108 valence electrons. The van der Waals surface area contributed by atoms with Crippen molar-refractivity contribution in [1.82, 2.24) is 10.0 Å². The minimum Gasteiger partial charge on any atom is -0.443 e. The van der Waals surface area contributed by atoms with Gasteiger partial charge in [0.1, 0.15) is 6.61 Å². The number of thioether (sulfide) groups is 1. The summed E-state index contributed by atoms with van der Waals surface area (Å²) in [5.41, 5.74) is 0.932. The predicted molar refractivity (Wildman–Crippen MR) is 78.0 cm³/mol. The normalized spacial score (nSPS) is 14.4. The van der Waals surface area contributed by atoms with E-state index >= 15 is 0 Å². The molecule has 1 aromatic carbocycles. The fraction of sp³-hybridized carbons (Fsp3) is 0.429. The van der Waals surface area contributed by atoms with Crippen LogP contribution in [0.25, 0.3) is 0 Å². The highest BCUT2D eigenvalue weighted by Gasteiger charge is 2.31. The van der Waals surface area contributed by atoms with Gasteiger partial charge in [-0.05, 0) is 18.2 Å². The van der Waals surface area contributed by atoms with Crippen molar-refractivity contribution in [3.8, 4) is 0 Å². The molecule has 20 heavy (non-hydrogen) atoms. The van der Waals surface area contributed by atoms with E-state index in [-0.39, 0.29) is 12.5 Å². The van der Waals surface area contributed by atoms with E-state index in [1.807, 2.05) is 36.6 Å². The largest absolute Gasteiger partial charge is 0.443 e. The van der Waals surface area contributed by atoms with Crippen LogP contribution >= 0.6 is 11.8 Å². The highest BCUT2D eigenvalue weighted by atomic mass is 32.2. The summed E-state index contributed by atoms with van der Waals surface area (Å²) >= 11 is 1.45. The highest BCUT2D eigenvalue weighted by molar-refractivity contribution is 7.99. The summed E-state index contributed by atoms with van der Waals surface area (Å²) < 4.78 is 5.26. The molecule has 0 spiro atoms. The number of rotatable bonds is 4. The van der Waals surface area contributed by atoms with E-state index in [1.165, 1.54) is 21.8 Å². The van der Waals surface area contributed by atoms with Gasteiger partial charge in [-0.15, -0.1) is 0 Å². The quantitative estimate of drug-likeness (QED) is 0.853. The van der Waals surface area contributed by atoms with Crippen LogP contribution in [0.5, 0.6) is 0 Å². The molecule has 0 radical (unpaired) electrons. The maximum absolute atomic E-state index is 12.0. The van der Waals surface area contributed by atoms with Crippen LogP contribution < -0.4 is 0 Å². The van der Waals surface area contributed by atoms with E-state index < -0.39 is 6.09 Å². The fourth-order valence-electron chi connectivity index (χ4n) is 2.05. The summed E-state index contributed by atoms with van der Waals surface area (Å²) in [6.45, 7) is 1.34. The van der Waals surface area contributed by atoms with E-state index in [0.717, 1.165) is 12.0 Å². The summed E-state index contributed by atoms with van der Waals surface area (Å²) in [4.78, 5) is 23.9. The molecule has 2 rings (SSSR count). The maximum atomic E-state index is 12.0. The molecular formula is C14H18N2O3S. The van der Waals surface area contributed by atoms with Crippen LogP contribution in [0.4, 0.5) is 4.79 Å². The van der Waals surface area contributed by atoms with Gasteiger partial charge in [0.05, 0.1) is 5.75 Å². The number of hydrogen-bond donors (Lipinski definition) is 0. The molecule has 1 aromatic rings. The average molecular weight is 294 g/mol. The molecular weight excluding hydrogens is 276 g/mol. The number of benzene rings is 1. The van der Waals surface area contributed by atoms with Gasteiger partial charge in [-0.1, -0.05) is 30.3 Å². The first kappa shape index (κ1) is 14.7. The molecule has 6 heteroatoms. The Morgan fingerprint density at radius 3 is 2.60 bits per heavy atom. The molecule has 1 saturated heterocycles. The highest BCUT2D eigenvalue weighted by Crippen LogP contribution is 2.14. The average Bonchev–Trinajstić information content (AvgIpc) is 2.96. The molecule has 1 fully saturated rings. The monoisotopic (exact) mass is 294 g/mol. The third-order valence-corrected chi connectivity index (χ3v) is 3.54. The molecule has 0 aromatic heterocycles. The van der Waals surface area contributed by atoms with Crippen molar-refractivity contribution < 1.29 is 14.3 Å². The Hall–Kier alpha value is -1.69. The van der Waals surface area contributed by atoms with Gasteiger partial charge >= 0.3 is 6.09 Å². The SMILES string of the molecule is CSCC(=O)N1CCCN1C(=O)OCc1ccccc1. The molecule has 0 N–H and O–H groups in total. The molecule has 0 bridgehead atoms. The Morgan fingerprint density at radius 1 is 1.20 bits per heavy atom. The van der Waals surface area contributed by atoms with Crippen LogP contribution in [0.3, 0.4) is 0 Å². The topological polar surface area (TPSA) is 49.9 Å². The second-order valence-electron chi connectivity index (χ2n) is 4.47. The zero-order chi connectivity index (χ0) is 14.4. The zero-order valence-electron chi connectivity index (χ0n) is 11.4. The first-order chi connectivity index (χ1) is 9.72. The van der Waals surface area contributed by atoms with Crippen molar-refractivity contribution in [2.45, 2.75) is 13.0 Å². The van der Waals surface area contributed by atoms with Crippen LogP contribution in [0, 0.1) is 0 Å². The Bertz CT molecular complexity index is 467. The molecule has 1 heterocycles. The van der Waals surface area contributed by atoms with Crippen LogP contribution in [0.1, 0.15) is 12.0 Å². The molecule has 5 nitrogen and oxygen atoms in total. The fourth-order valence-corrected chi connectivity index (χ4v) is 2.45. The Balaban J connectivity index is 1.89. The second-order valence-corrected chi connectivity index (χ2v) is 5.33. The van der Waals surface area contributed by atoms with Gasteiger partial charge in [0.2, 0.25) is 0 Å². The molecule has 2 amide bonds.